The standard InChI is InChI=1S/C10H21N3O/c1-12-4-5-13(10(7-12)8-14)9-2-3-11-6-9/h9-11,14H,2-8H2,1H3/t9-,10+/m1/s1. The molecule has 2 aliphatic heterocycles. The molecule has 2 saturated heterocycles. The zero-order valence-corrected chi connectivity index (χ0v) is 8.95. The molecule has 2 N–H and O–H groups in total. The molecule has 0 bridgehead atoms. The second-order valence-corrected chi connectivity index (χ2v) is 4.48. The Labute approximate surface area is 85.9 Å². The number of nitrogens with zero attached hydrogens (tertiary/aromatic N) is 2. The molecule has 2 rings (SSSR count). The van der Waals surface area contributed by atoms with E-state index in [1.807, 2.05) is 0 Å². The van der Waals surface area contributed by atoms with Crippen molar-refractivity contribution in [1.29, 1.82) is 0 Å². The summed E-state index contributed by atoms with van der Waals surface area (Å²) in [5.41, 5.74) is 0. The van der Waals surface area contributed by atoms with Crippen LogP contribution in [-0.4, -0.2) is 73.4 Å². The summed E-state index contributed by atoms with van der Waals surface area (Å²) >= 11 is 0. The number of rotatable bonds is 2. The number of likely N-dealkylation sites (N-methyl/N-ethyl adjacent to an activating group) is 1. The average Bonchev–Trinajstić information content (AvgIpc) is 2.70. The van der Waals surface area contributed by atoms with Crippen LogP contribution in [0.1, 0.15) is 6.42 Å². The number of aliphatic hydroxyl groups is 1. The molecule has 0 aromatic carbocycles. The Kier molecular flexibility index (Phi) is 3.38. The van der Waals surface area contributed by atoms with Gasteiger partial charge in [-0.05, 0) is 20.0 Å². The summed E-state index contributed by atoms with van der Waals surface area (Å²) in [4.78, 5) is 4.79. The second-order valence-electron chi connectivity index (χ2n) is 4.48. The molecule has 14 heavy (non-hydrogen) atoms. The Morgan fingerprint density at radius 1 is 1.43 bits per heavy atom. The Bertz CT molecular complexity index is 182. The van der Waals surface area contributed by atoms with Crippen LogP contribution < -0.4 is 5.32 Å². The quantitative estimate of drug-likeness (QED) is 0.596. The molecule has 2 heterocycles. The van der Waals surface area contributed by atoms with E-state index < -0.39 is 0 Å². The molecule has 2 fully saturated rings. The molecule has 0 unspecified atom stereocenters. The maximum absolute atomic E-state index is 9.35. The van der Waals surface area contributed by atoms with Gasteiger partial charge >= 0.3 is 0 Å². The fourth-order valence-corrected chi connectivity index (χ4v) is 2.59. The third-order valence-electron chi connectivity index (χ3n) is 3.45. The van der Waals surface area contributed by atoms with Crippen molar-refractivity contribution in [2.24, 2.45) is 0 Å². The maximum Gasteiger partial charge on any atom is 0.0599 e. The fraction of sp³-hybridized carbons (Fsp3) is 1.00. The smallest absolute Gasteiger partial charge is 0.0599 e. The highest BCUT2D eigenvalue weighted by molar-refractivity contribution is 4.89. The van der Waals surface area contributed by atoms with E-state index in [4.69, 9.17) is 0 Å². The minimum absolute atomic E-state index is 0.292. The largest absolute Gasteiger partial charge is 0.395 e. The van der Waals surface area contributed by atoms with Crippen molar-refractivity contribution in [3.05, 3.63) is 0 Å². The topological polar surface area (TPSA) is 38.7 Å². The van der Waals surface area contributed by atoms with Gasteiger partial charge in [0, 0.05) is 38.3 Å². The lowest BCUT2D eigenvalue weighted by molar-refractivity contribution is 0.0262. The molecule has 0 radical (unpaired) electrons. The third kappa shape index (κ3) is 2.08. The Balaban J connectivity index is 1.94. The zero-order chi connectivity index (χ0) is 9.97. The number of hydrogen-bond acceptors (Lipinski definition) is 4. The maximum atomic E-state index is 9.35. The van der Waals surface area contributed by atoms with Gasteiger partial charge in [-0.25, -0.2) is 0 Å². The summed E-state index contributed by atoms with van der Waals surface area (Å²) in [5, 5.41) is 12.7. The van der Waals surface area contributed by atoms with Crippen LogP contribution in [0, 0.1) is 0 Å². The van der Waals surface area contributed by atoms with Crippen molar-refractivity contribution < 1.29 is 5.11 Å². The molecule has 0 saturated carbocycles. The zero-order valence-electron chi connectivity index (χ0n) is 8.95. The van der Waals surface area contributed by atoms with E-state index in [0.717, 1.165) is 32.7 Å². The van der Waals surface area contributed by atoms with E-state index in [-0.39, 0.29) is 0 Å². The van der Waals surface area contributed by atoms with Crippen LogP contribution in [0.5, 0.6) is 0 Å². The Morgan fingerprint density at radius 2 is 2.29 bits per heavy atom. The Hall–Kier alpha value is -0.160. The van der Waals surface area contributed by atoms with E-state index in [2.05, 4.69) is 22.2 Å². The molecule has 0 amide bonds. The van der Waals surface area contributed by atoms with Gasteiger partial charge in [-0.1, -0.05) is 0 Å². The van der Waals surface area contributed by atoms with Crippen molar-refractivity contribution in [2.75, 3.05) is 46.4 Å². The number of aliphatic hydroxyl groups excluding tert-OH is 1. The Morgan fingerprint density at radius 3 is 2.93 bits per heavy atom. The summed E-state index contributed by atoms with van der Waals surface area (Å²) in [6, 6.07) is 1.000. The first-order chi connectivity index (χ1) is 6.81. The fourth-order valence-electron chi connectivity index (χ4n) is 2.59. The summed E-state index contributed by atoms with van der Waals surface area (Å²) in [6.07, 6.45) is 1.24. The van der Waals surface area contributed by atoms with Gasteiger partial charge in [0.25, 0.3) is 0 Å². The van der Waals surface area contributed by atoms with E-state index in [0.29, 0.717) is 18.7 Å². The highest BCUT2D eigenvalue weighted by Crippen LogP contribution is 2.16. The third-order valence-corrected chi connectivity index (χ3v) is 3.45. The molecule has 2 aliphatic rings. The highest BCUT2D eigenvalue weighted by atomic mass is 16.3. The van der Waals surface area contributed by atoms with E-state index in [1.54, 1.807) is 0 Å². The predicted molar refractivity (Wildman–Crippen MR) is 56.4 cm³/mol. The van der Waals surface area contributed by atoms with Crippen molar-refractivity contribution in [3.63, 3.8) is 0 Å². The lowest BCUT2D eigenvalue weighted by Gasteiger charge is -2.42. The van der Waals surface area contributed by atoms with Gasteiger partial charge in [-0.3, -0.25) is 4.90 Å². The van der Waals surface area contributed by atoms with Gasteiger partial charge < -0.3 is 15.3 Å². The normalized spacial score (nSPS) is 36.4. The molecule has 0 spiro atoms. The van der Waals surface area contributed by atoms with Crippen LogP contribution in [-0.2, 0) is 0 Å². The molecule has 2 atom stereocenters. The van der Waals surface area contributed by atoms with E-state index in [1.165, 1.54) is 6.42 Å². The van der Waals surface area contributed by atoms with Gasteiger partial charge in [0.05, 0.1) is 6.61 Å². The first-order valence-electron chi connectivity index (χ1n) is 5.57. The van der Waals surface area contributed by atoms with Crippen molar-refractivity contribution in [2.45, 2.75) is 18.5 Å². The number of piperazine rings is 1. The van der Waals surface area contributed by atoms with Gasteiger partial charge in [0.2, 0.25) is 0 Å². The molecule has 0 aromatic rings. The monoisotopic (exact) mass is 199 g/mol. The van der Waals surface area contributed by atoms with Crippen molar-refractivity contribution in [1.82, 2.24) is 15.1 Å². The summed E-state index contributed by atoms with van der Waals surface area (Å²) in [6.45, 7) is 5.77. The first-order valence-corrected chi connectivity index (χ1v) is 5.57. The van der Waals surface area contributed by atoms with E-state index in [9.17, 15) is 5.11 Å². The van der Waals surface area contributed by atoms with Gasteiger partial charge in [-0.2, -0.15) is 0 Å². The predicted octanol–water partition coefficient (Wildman–Crippen LogP) is -1.04. The molecular weight excluding hydrogens is 178 g/mol. The van der Waals surface area contributed by atoms with E-state index >= 15 is 0 Å². The van der Waals surface area contributed by atoms with Gasteiger partial charge in [0.15, 0.2) is 0 Å². The lowest BCUT2D eigenvalue weighted by Crippen LogP contribution is -2.57. The SMILES string of the molecule is CN1CCN([C@@H]2CCNC2)[C@H](CO)C1. The first kappa shape index (κ1) is 10.4. The van der Waals surface area contributed by atoms with Crippen LogP contribution in [0.15, 0.2) is 0 Å². The van der Waals surface area contributed by atoms with Crippen LogP contribution in [0.25, 0.3) is 0 Å². The van der Waals surface area contributed by atoms with Gasteiger partial charge in [-0.15, -0.1) is 0 Å². The molecule has 0 aliphatic carbocycles. The molecule has 4 heteroatoms. The highest BCUT2D eigenvalue weighted by Gasteiger charge is 2.31. The van der Waals surface area contributed by atoms with Crippen LogP contribution in [0.4, 0.5) is 0 Å². The summed E-state index contributed by atoms with van der Waals surface area (Å²) < 4.78 is 0. The number of hydrogen-bond donors (Lipinski definition) is 2. The molecule has 0 aromatic heterocycles. The molecule has 82 valence electrons. The average molecular weight is 199 g/mol. The minimum Gasteiger partial charge on any atom is -0.395 e. The minimum atomic E-state index is 0.292. The molecular formula is C10H21N3O. The van der Waals surface area contributed by atoms with Crippen LogP contribution in [0.3, 0.4) is 0 Å². The van der Waals surface area contributed by atoms with Crippen LogP contribution >= 0.6 is 0 Å². The van der Waals surface area contributed by atoms with Crippen molar-refractivity contribution >= 4 is 0 Å². The van der Waals surface area contributed by atoms with Crippen molar-refractivity contribution in [3.8, 4) is 0 Å². The summed E-state index contributed by atoms with van der Waals surface area (Å²) in [5.74, 6) is 0. The van der Waals surface area contributed by atoms with Gasteiger partial charge in [0.1, 0.15) is 0 Å². The number of nitrogens with one attached hydrogen (secondary N) is 1. The second kappa shape index (κ2) is 4.57. The lowest BCUT2D eigenvalue weighted by atomic mass is 10.1. The summed E-state index contributed by atoms with van der Waals surface area (Å²) in [7, 11) is 2.13. The molecule has 4 nitrogen and oxygen atoms in total. The van der Waals surface area contributed by atoms with Crippen LogP contribution in [0.2, 0.25) is 0 Å².